The number of nitrogens with zero attached hydrogens (tertiary/aromatic N) is 1. The van der Waals surface area contributed by atoms with Gasteiger partial charge in [-0.25, -0.2) is 0 Å². The Morgan fingerprint density at radius 3 is 2.18 bits per heavy atom. The molecular weight excluding hydrogens is 370 g/mol. The number of fused-ring (bicyclic) bond motifs is 1. The molecule has 0 aromatic heterocycles. The first kappa shape index (κ1) is 20.1. The maximum Gasteiger partial charge on any atom is 0.189 e. The van der Waals surface area contributed by atoms with Gasteiger partial charge in [0.1, 0.15) is 23.2 Å². The minimum Gasteiger partial charge on any atom is -0.497 e. The Morgan fingerprint density at radius 1 is 0.929 bits per heavy atom. The lowest BCUT2D eigenvalue weighted by Crippen LogP contribution is -2.43. The van der Waals surface area contributed by atoms with Crippen LogP contribution in [0.15, 0.2) is 54.6 Å². The zero-order valence-corrected chi connectivity index (χ0v) is 17.8. The summed E-state index contributed by atoms with van der Waals surface area (Å²) in [4.78, 5) is 0. The summed E-state index contributed by atoms with van der Waals surface area (Å²) in [6.45, 7) is 6.11. The highest BCUT2D eigenvalue weighted by Gasteiger charge is 2.47. The molecule has 146 valence electrons. The molecule has 0 fully saturated rings. The van der Waals surface area contributed by atoms with Gasteiger partial charge in [0.2, 0.25) is 0 Å². The van der Waals surface area contributed by atoms with E-state index in [1.807, 2.05) is 43.9 Å². The highest BCUT2D eigenvalue weighted by atomic mass is 28.4. The van der Waals surface area contributed by atoms with Gasteiger partial charge in [-0.05, 0) is 55.6 Å². The lowest BCUT2D eigenvalue weighted by molar-refractivity contribution is 0.103. The van der Waals surface area contributed by atoms with Crippen molar-refractivity contribution >= 4 is 8.32 Å². The molecular formula is C22H25NO4Si. The minimum atomic E-state index is -2.06. The standard InChI is InChI=1S/C22H25NO4Si/c1-25-16-10-11-20(26-2)19(14-16)22(24)13-12-21(15-23,27-28(3,4)5)17-8-6-7-9-18(17)22/h6-14,24H,1-5H3. The Bertz CT molecular complexity index is 960. The number of hydrogen-bond acceptors (Lipinski definition) is 5. The summed E-state index contributed by atoms with van der Waals surface area (Å²) in [6.07, 6.45) is 3.28. The summed E-state index contributed by atoms with van der Waals surface area (Å²) in [5.41, 5.74) is -0.963. The van der Waals surface area contributed by atoms with Crippen molar-refractivity contribution in [2.45, 2.75) is 30.8 Å². The molecule has 0 radical (unpaired) electrons. The molecule has 0 aliphatic heterocycles. The van der Waals surface area contributed by atoms with Crippen molar-refractivity contribution in [2.24, 2.45) is 0 Å². The molecule has 2 aromatic carbocycles. The third-order valence-corrected chi connectivity index (χ3v) is 5.68. The van der Waals surface area contributed by atoms with Crippen LogP contribution in [-0.2, 0) is 15.6 Å². The molecule has 6 heteroatoms. The predicted octanol–water partition coefficient (Wildman–Crippen LogP) is 4.08. The number of ether oxygens (including phenoxy) is 2. The predicted molar refractivity (Wildman–Crippen MR) is 110 cm³/mol. The van der Waals surface area contributed by atoms with Crippen LogP contribution in [0.4, 0.5) is 0 Å². The fraction of sp³-hybridized carbons (Fsp3) is 0.318. The van der Waals surface area contributed by atoms with E-state index in [9.17, 15) is 10.4 Å². The largest absolute Gasteiger partial charge is 0.497 e. The van der Waals surface area contributed by atoms with Crippen molar-refractivity contribution in [1.29, 1.82) is 5.26 Å². The van der Waals surface area contributed by atoms with Crippen LogP contribution in [-0.4, -0.2) is 27.6 Å². The molecule has 28 heavy (non-hydrogen) atoms. The number of hydrogen-bond donors (Lipinski definition) is 1. The van der Waals surface area contributed by atoms with Crippen LogP contribution in [0.1, 0.15) is 16.7 Å². The molecule has 2 aromatic rings. The van der Waals surface area contributed by atoms with E-state index in [2.05, 4.69) is 6.07 Å². The summed E-state index contributed by atoms with van der Waals surface area (Å²) >= 11 is 0. The summed E-state index contributed by atoms with van der Waals surface area (Å²) < 4.78 is 17.1. The van der Waals surface area contributed by atoms with Crippen molar-refractivity contribution in [1.82, 2.24) is 0 Å². The lowest BCUT2D eigenvalue weighted by atomic mass is 9.74. The fourth-order valence-corrected chi connectivity index (χ4v) is 4.79. The first-order valence-electron chi connectivity index (χ1n) is 9.06. The van der Waals surface area contributed by atoms with Crippen molar-refractivity contribution in [3.63, 3.8) is 0 Å². The average Bonchev–Trinajstić information content (AvgIpc) is 2.69. The van der Waals surface area contributed by atoms with Crippen LogP contribution < -0.4 is 9.47 Å². The third-order valence-electron chi connectivity index (χ3n) is 4.75. The van der Waals surface area contributed by atoms with E-state index < -0.39 is 19.5 Å². The SMILES string of the molecule is COc1ccc(OC)c(C2(O)C=CC(C#N)(O[Si](C)(C)C)c3ccccc32)c1. The molecule has 0 saturated heterocycles. The van der Waals surface area contributed by atoms with Gasteiger partial charge in [-0.3, -0.25) is 0 Å². The third kappa shape index (κ3) is 3.33. The van der Waals surface area contributed by atoms with E-state index in [0.29, 0.717) is 28.2 Å². The zero-order chi connectivity index (χ0) is 20.6. The van der Waals surface area contributed by atoms with Crippen LogP contribution in [0, 0.1) is 11.3 Å². The molecule has 0 heterocycles. The number of nitriles is 1. The quantitative estimate of drug-likeness (QED) is 0.610. The van der Waals surface area contributed by atoms with Crippen LogP contribution in [0.2, 0.25) is 19.6 Å². The van der Waals surface area contributed by atoms with E-state index in [0.717, 1.165) is 0 Å². The second kappa shape index (κ2) is 7.10. The molecule has 0 spiro atoms. The Morgan fingerprint density at radius 2 is 1.61 bits per heavy atom. The Labute approximate surface area is 166 Å². The summed E-state index contributed by atoms with van der Waals surface area (Å²) in [5.74, 6) is 1.13. The molecule has 3 rings (SSSR count). The topological polar surface area (TPSA) is 71.7 Å². The van der Waals surface area contributed by atoms with Gasteiger partial charge in [-0.15, -0.1) is 0 Å². The monoisotopic (exact) mass is 395 g/mol. The number of methoxy groups -OCH3 is 2. The molecule has 0 bridgehead atoms. The normalized spacial score (nSPS) is 23.6. The highest BCUT2D eigenvalue weighted by Crippen LogP contribution is 2.47. The second-order valence-electron chi connectivity index (χ2n) is 7.77. The lowest BCUT2D eigenvalue weighted by Gasteiger charge is -2.40. The molecule has 2 unspecified atom stereocenters. The Balaban J connectivity index is 2.27. The van der Waals surface area contributed by atoms with Crippen LogP contribution in [0.25, 0.3) is 0 Å². The maximum atomic E-state index is 11.8. The van der Waals surface area contributed by atoms with Gasteiger partial charge in [-0.2, -0.15) is 5.26 Å². The van der Waals surface area contributed by atoms with Crippen LogP contribution >= 0.6 is 0 Å². The number of benzene rings is 2. The van der Waals surface area contributed by atoms with Crippen molar-refractivity contribution < 1.29 is 19.0 Å². The van der Waals surface area contributed by atoms with Crippen molar-refractivity contribution in [3.8, 4) is 17.6 Å². The van der Waals surface area contributed by atoms with Gasteiger partial charge in [0.05, 0.1) is 14.2 Å². The smallest absolute Gasteiger partial charge is 0.189 e. The molecule has 0 saturated carbocycles. The van der Waals surface area contributed by atoms with E-state index >= 15 is 0 Å². The first-order valence-corrected chi connectivity index (χ1v) is 12.5. The fourth-order valence-electron chi connectivity index (χ4n) is 3.60. The minimum absolute atomic E-state index is 0.526. The molecule has 0 amide bonds. The van der Waals surface area contributed by atoms with Gasteiger partial charge < -0.3 is 19.0 Å². The summed E-state index contributed by atoms with van der Waals surface area (Å²) in [6, 6.07) is 14.9. The highest BCUT2D eigenvalue weighted by molar-refractivity contribution is 6.69. The van der Waals surface area contributed by atoms with Gasteiger partial charge in [0.15, 0.2) is 13.9 Å². The summed E-state index contributed by atoms with van der Waals surface area (Å²) in [5, 5.41) is 21.8. The molecule has 2 atom stereocenters. The molecule has 1 aliphatic rings. The second-order valence-corrected chi connectivity index (χ2v) is 12.2. The van der Waals surface area contributed by atoms with E-state index in [4.69, 9.17) is 13.9 Å². The molecule has 1 aliphatic carbocycles. The number of rotatable bonds is 5. The Kier molecular flexibility index (Phi) is 5.11. The van der Waals surface area contributed by atoms with Gasteiger partial charge >= 0.3 is 0 Å². The Hall–Kier alpha value is -2.59. The summed E-state index contributed by atoms with van der Waals surface area (Å²) in [7, 11) is 1.06. The first-order chi connectivity index (χ1) is 13.2. The van der Waals surface area contributed by atoms with E-state index in [1.165, 1.54) is 0 Å². The zero-order valence-electron chi connectivity index (χ0n) is 16.8. The average molecular weight is 396 g/mol. The van der Waals surface area contributed by atoms with E-state index in [1.54, 1.807) is 44.6 Å². The van der Waals surface area contributed by atoms with Gasteiger partial charge in [0.25, 0.3) is 0 Å². The van der Waals surface area contributed by atoms with Crippen LogP contribution in [0.3, 0.4) is 0 Å². The van der Waals surface area contributed by atoms with E-state index in [-0.39, 0.29) is 0 Å². The maximum absolute atomic E-state index is 11.8. The van der Waals surface area contributed by atoms with Crippen molar-refractivity contribution in [3.05, 3.63) is 71.3 Å². The molecule has 1 N–H and O–H groups in total. The van der Waals surface area contributed by atoms with Crippen LogP contribution in [0.5, 0.6) is 11.5 Å². The molecule has 5 nitrogen and oxygen atoms in total. The van der Waals surface area contributed by atoms with Gasteiger partial charge in [-0.1, -0.05) is 24.3 Å². The number of aliphatic hydroxyl groups is 1. The van der Waals surface area contributed by atoms with Gasteiger partial charge in [0, 0.05) is 11.1 Å². The van der Waals surface area contributed by atoms with Crippen molar-refractivity contribution in [2.75, 3.05) is 14.2 Å².